The van der Waals surface area contributed by atoms with Gasteiger partial charge in [0.15, 0.2) is 5.75 Å². The Balaban J connectivity index is 2.09. The Morgan fingerprint density at radius 1 is 1.21 bits per heavy atom. The number of ether oxygens (including phenoxy) is 1. The van der Waals surface area contributed by atoms with E-state index < -0.39 is 11.6 Å². The van der Waals surface area contributed by atoms with E-state index in [1.165, 1.54) is 6.20 Å². The average Bonchev–Trinajstić information content (AvgIpc) is 2.62. The molecule has 24 heavy (non-hydrogen) atoms. The molecule has 0 aliphatic rings. The van der Waals surface area contributed by atoms with E-state index in [0.717, 1.165) is 12.8 Å². The van der Waals surface area contributed by atoms with Gasteiger partial charge in [0.2, 0.25) is 0 Å². The van der Waals surface area contributed by atoms with Crippen molar-refractivity contribution in [2.75, 3.05) is 0 Å². The maximum Gasteiger partial charge on any atom is 0.345 e. The summed E-state index contributed by atoms with van der Waals surface area (Å²) in [5.74, 6) is -0.263. The normalized spacial score (nSPS) is 10.7. The lowest BCUT2D eigenvalue weighted by Gasteiger charge is -2.11. The molecule has 0 amide bonds. The number of para-hydroxylation sites is 1. The van der Waals surface area contributed by atoms with Crippen LogP contribution in [0.2, 0.25) is 0 Å². The van der Waals surface area contributed by atoms with Crippen LogP contribution in [0.4, 0.5) is 0 Å². The highest BCUT2D eigenvalue weighted by atomic mass is 16.5. The molecule has 0 saturated carbocycles. The van der Waals surface area contributed by atoms with Gasteiger partial charge in [0.05, 0.1) is 16.5 Å². The first kappa shape index (κ1) is 15.9. The molecule has 0 fully saturated rings. The second-order valence-corrected chi connectivity index (χ2v) is 5.43. The number of benzene rings is 1. The average molecular weight is 323 g/mol. The van der Waals surface area contributed by atoms with Crippen LogP contribution >= 0.6 is 0 Å². The number of rotatable bonds is 5. The lowest BCUT2D eigenvalue weighted by atomic mass is 10.1. The van der Waals surface area contributed by atoms with Crippen molar-refractivity contribution in [3.63, 3.8) is 0 Å². The number of esters is 1. The number of hydrogen-bond acceptors (Lipinski definition) is 5. The summed E-state index contributed by atoms with van der Waals surface area (Å²) in [6.07, 6.45) is 5.24. The molecular weight excluding hydrogens is 306 g/mol. The topological polar surface area (TPSA) is 69.4 Å². The zero-order valence-electron chi connectivity index (χ0n) is 13.3. The summed E-state index contributed by atoms with van der Waals surface area (Å²) in [7, 11) is 0. The first-order valence-electron chi connectivity index (χ1n) is 7.87. The summed E-state index contributed by atoms with van der Waals surface area (Å²) in [4.78, 5) is 28.6. The molecule has 0 unspecified atom stereocenters. The zero-order chi connectivity index (χ0) is 16.9. The number of nitrogens with zero attached hydrogens (tertiary/aromatic N) is 1. The van der Waals surface area contributed by atoms with Gasteiger partial charge < -0.3 is 9.15 Å². The predicted molar refractivity (Wildman–Crippen MR) is 90.3 cm³/mol. The van der Waals surface area contributed by atoms with E-state index in [2.05, 4.69) is 4.98 Å². The molecule has 0 N–H and O–H groups in total. The van der Waals surface area contributed by atoms with E-state index in [9.17, 15) is 9.59 Å². The number of hydrogen-bond donors (Lipinski definition) is 0. The second-order valence-electron chi connectivity index (χ2n) is 5.43. The molecule has 3 rings (SSSR count). The van der Waals surface area contributed by atoms with Crippen LogP contribution < -0.4 is 10.4 Å². The SMILES string of the molecule is CCCCc1c(OC(=O)c2cccnc2)c2ccccc2oc1=O. The molecule has 0 atom stereocenters. The number of unbranched alkanes of at least 4 members (excludes halogenated alkanes) is 1. The first-order chi connectivity index (χ1) is 11.7. The fourth-order valence-electron chi connectivity index (χ4n) is 2.48. The van der Waals surface area contributed by atoms with Crippen LogP contribution in [0.5, 0.6) is 5.75 Å². The third kappa shape index (κ3) is 3.20. The number of carbonyl (C=O) groups excluding carboxylic acids is 1. The van der Waals surface area contributed by atoms with Crippen molar-refractivity contribution in [2.45, 2.75) is 26.2 Å². The van der Waals surface area contributed by atoms with Gasteiger partial charge in [-0.15, -0.1) is 0 Å². The Kier molecular flexibility index (Phi) is 4.70. The summed E-state index contributed by atoms with van der Waals surface area (Å²) in [5.41, 5.74) is 0.664. The van der Waals surface area contributed by atoms with Crippen LogP contribution in [0.25, 0.3) is 11.0 Å². The molecule has 0 saturated heterocycles. The minimum absolute atomic E-state index is 0.282. The Labute approximate surface area is 138 Å². The fraction of sp³-hybridized carbons (Fsp3) is 0.211. The van der Waals surface area contributed by atoms with Crippen LogP contribution in [-0.4, -0.2) is 11.0 Å². The highest BCUT2D eigenvalue weighted by Gasteiger charge is 2.19. The van der Waals surface area contributed by atoms with E-state index in [-0.39, 0.29) is 5.75 Å². The van der Waals surface area contributed by atoms with Gasteiger partial charge in [0.1, 0.15) is 5.58 Å². The van der Waals surface area contributed by atoms with E-state index in [0.29, 0.717) is 28.5 Å². The van der Waals surface area contributed by atoms with E-state index in [4.69, 9.17) is 9.15 Å². The van der Waals surface area contributed by atoms with Gasteiger partial charge >= 0.3 is 11.6 Å². The standard InChI is InChI=1S/C19H17NO4/c1-2-3-8-15-17(24-18(21)13-7-6-11-20-12-13)14-9-4-5-10-16(14)23-19(15)22/h4-7,9-12H,2-3,8H2,1H3. The lowest BCUT2D eigenvalue weighted by Crippen LogP contribution is -2.15. The van der Waals surface area contributed by atoms with E-state index >= 15 is 0 Å². The maximum atomic E-state index is 12.4. The molecule has 0 aliphatic carbocycles. The molecule has 122 valence electrons. The van der Waals surface area contributed by atoms with Gasteiger partial charge in [-0.05, 0) is 37.1 Å². The Hall–Kier alpha value is -2.95. The minimum Gasteiger partial charge on any atom is -0.422 e. The van der Waals surface area contributed by atoms with Crippen molar-refractivity contribution >= 4 is 16.9 Å². The summed E-state index contributed by atoms with van der Waals surface area (Å²) in [5, 5.41) is 0.612. The third-order valence-corrected chi connectivity index (χ3v) is 3.73. The molecule has 5 heteroatoms. The lowest BCUT2D eigenvalue weighted by molar-refractivity contribution is 0.0734. The zero-order valence-corrected chi connectivity index (χ0v) is 13.3. The second kappa shape index (κ2) is 7.08. The van der Waals surface area contributed by atoms with Crippen molar-refractivity contribution in [2.24, 2.45) is 0 Å². The molecule has 0 aliphatic heterocycles. The Bertz CT molecular complexity index is 916. The number of carbonyl (C=O) groups is 1. The van der Waals surface area contributed by atoms with Gasteiger partial charge in [-0.1, -0.05) is 25.5 Å². The van der Waals surface area contributed by atoms with Crippen molar-refractivity contribution in [1.82, 2.24) is 4.98 Å². The molecule has 2 heterocycles. The van der Waals surface area contributed by atoms with E-state index in [1.807, 2.05) is 13.0 Å². The third-order valence-electron chi connectivity index (χ3n) is 3.73. The minimum atomic E-state index is -0.545. The van der Waals surface area contributed by atoms with Crippen molar-refractivity contribution < 1.29 is 13.9 Å². The van der Waals surface area contributed by atoms with Crippen molar-refractivity contribution in [3.05, 3.63) is 70.3 Å². The molecule has 3 aromatic rings. The van der Waals surface area contributed by atoms with Crippen LogP contribution in [0.1, 0.15) is 35.7 Å². The Morgan fingerprint density at radius 3 is 2.79 bits per heavy atom. The summed E-state index contributed by atoms with van der Waals surface area (Å²) in [6, 6.07) is 10.3. The molecule has 1 aromatic carbocycles. The van der Waals surface area contributed by atoms with Gasteiger partial charge in [-0.3, -0.25) is 4.98 Å². The molecule has 0 bridgehead atoms. The number of fused-ring (bicyclic) bond motifs is 1. The van der Waals surface area contributed by atoms with Gasteiger partial charge in [-0.2, -0.15) is 0 Å². The molecule has 5 nitrogen and oxygen atoms in total. The van der Waals surface area contributed by atoms with Gasteiger partial charge in [-0.25, -0.2) is 9.59 Å². The van der Waals surface area contributed by atoms with Crippen LogP contribution in [-0.2, 0) is 6.42 Å². The van der Waals surface area contributed by atoms with E-state index in [1.54, 1.807) is 36.5 Å². The van der Waals surface area contributed by atoms with Crippen LogP contribution in [0.15, 0.2) is 58.0 Å². The maximum absolute atomic E-state index is 12.4. The van der Waals surface area contributed by atoms with Crippen molar-refractivity contribution in [1.29, 1.82) is 0 Å². The van der Waals surface area contributed by atoms with Crippen LogP contribution in [0.3, 0.4) is 0 Å². The van der Waals surface area contributed by atoms with Crippen molar-refractivity contribution in [3.8, 4) is 5.75 Å². The summed E-state index contributed by atoms with van der Waals surface area (Å²) < 4.78 is 10.9. The predicted octanol–water partition coefficient (Wildman–Crippen LogP) is 3.75. The highest BCUT2D eigenvalue weighted by molar-refractivity contribution is 5.94. The fourth-order valence-corrected chi connectivity index (χ4v) is 2.48. The molecule has 0 spiro atoms. The Morgan fingerprint density at radius 2 is 2.04 bits per heavy atom. The van der Waals surface area contributed by atoms with Crippen LogP contribution in [0, 0.1) is 0 Å². The molecular formula is C19H17NO4. The summed E-state index contributed by atoms with van der Waals surface area (Å²) in [6.45, 7) is 2.03. The number of pyridine rings is 1. The monoisotopic (exact) mass is 323 g/mol. The quantitative estimate of drug-likeness (QED) is 0.528. The smallest absolute Gasteiger partial charge is 0.345 e. The first-order valence-corrected chi connectivity index (χ1v) is 7.87. The largest absolute Gasteiger partial charge is 0.422 e. The van der Waals surface area contributed by atoms with Gasteiger partial charge in [0.25, 0.3) is 0 Å². The highest BCUT2D eigenvalue weighted by Crippen LogP contribution is 2.29. The molecule has 2 aromatic heterocycles. The van der Waals surface area contributed by atoms with Gasteiger partial charge in [0, 0.05) is 12.4 Å². The molecule has 0 radical (unpaired) electrons. The summed E-state index contributed by atoms with van der Waals surface area (Å²) >= 11 is 0. The number of aromatic nitrogens is 1.